The maximum absolute atomic E-state index is 11.6. The Morgan fingerprint density at radius 1 is 1.17 bits per heavy atom. The number of carbonyl (C=O) groups excluding carboxylic acids is 2. The number of rotatable bonds is 2. The third-order valence-electron chi connectivity index (χ3n) is 2.99. The Labute approximate surface area is 105 Å². The molecule has 1 atom stereocenters. The fourth-order valence-electron chi connectivity index (χ4n) is 1.62. The molecule has 6 heteroatoms. The van der Waals surface area contributed by atoms with Crippen molar-refractivity contribution in [2.75, 3.05) is 0 Å². The molecule has 0 bridgehead atoms. The van der Waals surface area contributed by atoms with Crippen LogP contribution in [0.25, 0.3) is 0 Å². The van der Waals surface area contributed by atoms with Gasteiger partial charge in [0, 0.05) is 0 Å². The average molecular weight is 252 g/mol. The monoisotopic (exact) mass is 252 g/mol. The van der Waals surface area contributed by atoms with Gasteiger partial charge in [0.05, 0.1) is 0 Å². The zero-order valence-electron chi connectivity index (χ0n) is 11.1. The molecule has 0 aromatic heterocycles. The first-order valence-electron chi connectivity index (χ1n) is 5.77. The minimum absolute atomic E-state index is 0.234. The Morgan fingerprint density at radius 3 is 2.17 bits per heavy atom. The molecule has 0 saturated carbocycles. The first-order valence-corrected chi connectivity index (χ1v) is 5.77. The summed E-state index contributed by atoms with van der Waals surface area (Å²) in [5.41, 5.74) is -1.73. The molecule has 2 heterocycles. The summed E-state index contributed by atoms with van der Waals surface area (Å²) in [6, 6.07) is -0.523. The summed E-state index contributed by atoms with van der Waals surface area (Å²) >= 11 is 0. The summed E-state index contributed by atoms with van der Waals surface area (Å²) in [6.07, 6.45) is 0. The van der Waals surface area contributed by atoms with Gasteiger partial charge in [0.1, 0.15) is 11.5 Å². The summed E-state index contributed by atoms with van der Waals surface area (Å²) in [4.78, 5) is 31.3. The van der Waals surface area contributed by atoms with Crippen molar-refractivity contribution in [1.29, 1.82) is 0 Å². The zero-order valence-corrected chi connectivity index (χ0v) is 11.1. The highest BCUT2D eigenvalue weighted by Gasteiger charge is 2.48. The lowest BCUT2D eigenvalue weighted by Gasteiger charge is -2.21. The highest BCUT2D eigenvalue weighted by atomic mass is 16.6. The van der Waals surface area contributed by atoms with Crippen molar-refractivity contribution in [3.63, 3.8) is 0 Å². The number of cyclic esters (lactones) is 2. The van der Waals surface area contributed by atoms with Crippen molar-refractivity contribution < 1.29 is 19.1 Å². The lowest BCUT2D eigenvalue weighted by atomic mass is 9.93. The Bertz CT molecular complexity index is 488. The summed E-state index contributed by atoms with van der Waals surface area (Å²) in [5, 5.41) is 0. The quantitative estimate of drug-likeness (QED) is 0.689. The van der Waals surface area contributed by atoms with Crippen LogP contribution in [0.5, 0.6) is 0 Å². The van der Waals surface area contributed by atoms with E-state index < -0.39 is 28.9 Å². The lowest BCUT2D eigenvalue weighted by molar-refractivity contribution is -0.138. The number of aliphatic imine (C=N–C) groups is 2. The molecule has 0 aromatic rings. The molecule has 0 fully saturated rings. The van der Waals surface area contributed by atoms with Gasteiger partial charge in [-0.3, -0.25) is 0 Å². The SMILES string of the molecule is CC1N=C(C(C)(C)C2=NC(C)(C)C(=O)O2)OC1=O. The second-order valence-electron chi connectivity index (χ2n) is 5.52. The van der Waals surface area contributed by atoms with E-state index in [1.165, 1.54) is 0 Å². The lowest BCUT2D eigenvalue weighted by Crippen LogP contribution is -2.35. The molecule has 0 aliphatic carbocycles. The Balaban J connectivity index is 2.32. The zero-order chi connectivity index (χ0) is 13.7. The largest absolute Gasteiger partial charge is 0.409 e. The van der Waals surface area contributed by atoms with Crippen LogP contribution in [-0.2, 0) is 19.1 Å². The molecule has 2 rings (SSSR count). The molecule has 0 aromatic carbocycles. The van der Waals surface area contributed by atoms with Crippen LogP contribution >= 0.6 is 0 Å². The normalized spacial score (nSPS) is 26.6. The third kappa shape index (κ3) is 1.81. The number of nitrogens with zero attached hydrogens (tertiary/aromatic N) is 2. The van der Waals surface area contributed by atoms with Gasteiger partial charge < -0.3 is 9.47 Å². The molecule has 0 spiro atoms. The van der Waals surface area contributed by atoms with Crippen LogP contribution in [0.4, 0.5) is 0 Å². The highest BCUT2D eigenvalue weighted by molar-refractivity contribution is 6.14. The van der Waals surface area contributed by atoms with Crippen molar-refractivity contribution in [1.82, 2.24) is 0 Å². The Hall–Kier alpha value is -1.72. The maximum Gasteiger partial charge on any atom is 0.340 e. The van der Waals surface area contributed by atoms with Crippen LogP contribution in [0.1, 0.15) is 34.6 Å². The number of esters is 2. The van der Waals surface area contributed by atoms with Crippen LogP contribution < -0.4 is 0 Å². The van der Waals surface area contributed by atoms with Crippen LogP contribution in [0.2, 0.25) is 0 Å². The van der Waals surface area contributed by atoms with E-state index in [1.807, 2.05) is 0 Å². The molecule has 0 amide bonds. The van der Waals surface area contributed by atoms with Gasteiger partial charge in [0.15, 0.2) is 5.54 Å². The van der Waals surface area contributed by atoms with E-state index in [2.05, 4.69) is 9.98 Å². The molecular formula is C12H16N2O4. The van der Waals surface area contributed by atoms with Gasteiger partial charge in [-0.1, -0.05) is 0 Å². The van der Waals surface area contributed by atoms with E-state index in [1.54, 1.807) is 34.6 Å². The van der Waals surface area contributed by atoms with E-state index in [9.17, 15) is 9.59 Å². The van der Waals surface area contributed by atoms with E-state index in [4.69, 9.17) is 9.47 Å². The number of ether oxygens (including phenoxy) is 2. The van der Waals surface area contributed by atoms with Crippen LogP contribution in [0.3, 0.4) is 0 Å². The van der Waals surface area contributed by atoms with Gasteiger partial charge >= 0.3 is 11.9 Å². The molecular weight excluding hydrogens is 236 g/mol. The summed E-state index contributed by atoms with van der Waals surface area (Å²) in [6.45, 7) is 8.50. The minimum atomic E-state index is -0.901. The molecule has 0 saturated heterocycles. The van der Waals surface area contributed by atoms with Crippen LogP contribution in [0, 0.1) is 5.41 Å². The molecule has 0 N–H and O–H groups in total. The first kappa shape index (κ1) is 12.7. The topological polar surface area (TPSA) is 77.3 Å². The van der Waals surface area contributed by atoms with Gasteiger partial charge in [-0.05, 0) is 34.6 Å². The smallest absolute Gasteiger partial charge is 0.340 e. The summed E-state index contributed by atoms with van der Waals surface area (Å²) in [5.74, 6) is -0.340. The highest BCUT2D eigenvalue weighted by Crippen LogP contribution is 2.32. The predicted octanol–water partition coefficient (Wildman–Crippen LogP) is 1.09. The summed E-state index contributed by atoms with van der Waals surface area (Å²) < 4.78 is 10.3. The van der Waals surface area contributed by atoms with E-state index in [0.29, 0.717) is 0 Å². The second-order valence-corrected chi connectivity index (χ2v) is 5.52. The first-order chi connectivity index (χ1) is 8.14. The van der Waals surface area contributed by atoms with Crippen LogP contribution in [0.15, 0.2) is 9.98 Å². The molecule has 2 aliphatic heterocycles. The molecule has 2 aliphatic rings. The number of hydrogen-bond donors (Lipinski definition) is 0. The molecule has 6 nitrogen and oxygen atoms in total. The van der Waals surface area contributed by atoms with Crippen molar-refractivity contribution in [3.8, 4) is 0 Å². The fourth-order valence-corrected chi connectivity index (χ4v) is 1.62. The minimum Gasteiger partial charge on any atom is -0.409 e. The van der Waals surface area contributed by atoms with Crippen molar-refractivity contribution in [2.45, 2.75) is 46.2 Å². The van der Waals surface area contributed by atoms with Gasteiger partial charge in [-0.2, -0.15) is 0 Å². The van der Waals surface area contributed by atoms with Gasteiger partial charge in [0.25, 0.3) is 0 Å². The van der Waals surface area contributed by atoms with Crippen LogP contribution in [-0.4, -0.2) is 35.3 Å². The van der Waals surface area contributed by atoms with Crippen molar-refractivity contribution in [2.24, 2.45) is 15.4 Å². The Kier molecular flexibility index (Phi) is 2.57. The number of carbonyl (C=O) groups is 2. The van der Waals surface area contributed by atoms with Gasteiger partial charge in [-0.15, -0.1) is 0 Å². The molecule has 98 valence electrons. The Morgan fingerprint density at radius 2 is 1.78 bits per heavy atom. The fraction of sp³-hybridized carbons (Fsp3) is 0.667. The molecule has 1 unspecified atom stereocenters. The second kappa shape index (κ2) is 3.63. The third-order valence-corrected chi connectivity index (χ3v) is 2.99. The average Bonchev–Trinajstić information content (AvgIpc) is 2.70. The predicted molar refractivity (Wildman–Crippen MR) is 64.4 cm³/mol. The van der Waals surface area contributed by atoms with Gasteiger partial charge in [0.2, 0.25) is 11.8 Å². The van der Waals surface area contributed by atoms with Crippen molar-refractivity contribution >= 4 is 23.7 Å². The van der Waals surface area contributed by atoms with Crippen molar-refractivity contribution in [3.05, 3.63) is 0 Å². The van der Waals surface area contributed by atoms with Gasteiger partial charge in [-0.25, -0.2) is 19.6 Å². The number of hydrogen-bond acceptors (Lipinski definition) is 6. The molecule has 0 radical (unpaired) electrons. The maximum atomic E-state index is 11.6. The van der Waals surface area contributed by atoms with E-state index >= 15 is 0 Å². The molecule has 18 heavy (non-hydrogen) atoms. The van der Waals surface area contributed by atoms with E-state index in [0.717, 1.165) is 0 Å². The standard InChI is InChI=1S/C12H16N2O4/c1-6-7(15)17-8(13-6)11(2,3)9-14-12(4,5)10(16)18-9/h6H,1-5H3. The van der Waals surface area contributed by atoms with E-state index in [-0.39, 0.29) is 11.8 Å². The summed E-state index contributed by atoms with van der Waals surface area (Å²) in [7, 11) is 0.